The second kappa shape index (κ2) is 6.26. The van der Waals surface area contributed by atoms with E-state index in [4.69, 9.17) is 5.73 Å². The Morgan fingerprint density at radius 1 is 1.50 bits per heavy atom. The van der Waals surface area contributed by atoms with E-state index < -0.39 is 18.8 Å². The van der Waals surface area contributed by atoms with Gasteiger partial charge in [-0.1, -0.05) is 13.3 Å². The van der Waals surface area contributed by atoms with Crippen molar-refractivity contribution in [2.24, 2.45) is 11.7 Å². The molecule has 0 spiro atoms. The Morgan fingerprint density at radius 3 is 2.67 bits per heavy atom. The van der Waals surface area contributed by atoms with Crippen molar-refractivity contribution in [1.82, 2.24) is 10.2 Å². The van der Waals surface area contributed by atoms with Gasteiger partial charge in [0.05, 0.1) is 0 Å². The quantitative estimate of drug-likeness (QED) is 0.817. The van der Waals surface area contributed by atoms with Crippen LogP contribution in [-0.4, -0.2) is 42.8 Å². The molecular formula is C11H20F3N3O. The second-order valence-electron chi connectivity index (χ2n) is 4.66. The minimum atomic E-state index is -4.38. The number of piperidine rings is 1. The van der Waals surface area contributed by atoms with Crippen molar-refractivity contribution < 1.29 is 18.0 Å². The fourth-order valence-electron chi connectivity index (χ4n) is 2.27. The third-order valence-electron chi connectivity index (χ3n) is 3.37. The molecular weight excluding hydrogens is 247 g/mol. The highest BCUT2D eigenvalue weighted by molar-refractivity contribution is 5.74. The summed E-state index contributed by atoms with van der Waals surface area (Å²) in [6.45, 7) is 1.54. The number of amides is 2. The lowest BCUT2D eigenvalue weighted by Gasteiger charge is -2.38. The first-order valence-electron chi connectivity index (χ1n) is 6.18. The molecule has 3 N–H and O–H groups in total. The molecule has 2 amide bonds. The molecule has 7 heteroatoms. The zero-order valence-corrected chi connectivity index (χ0v) is 10.5. The molecule has 0 radical (unpaired) electrons. The smallest absolute Gasteiger partial charge is 0.329 e. The summed E-state index contributed by atoms with van der Waals surface area (Å²) in [6.07, 6.45) is -1.77. The van der Waals surface area contributed by atoms with Crippen LogP contribution in [0.3, 0.4) is 0 Å². The molecule has 1 rings (SSSR count). The molecule has 106 valence electrons. The fraction of sp³-hybridized carbons (Fsp3) is 0.909. The van der Waals surface area contributed by atoms with Gasteiger partial charge in [-0.25, -0.2) is 4.79 Å². The summed E-state index contributed by atoms with van der Waals surface area (Å²) in [5.74, 6) is 0.505. The molecule has 0 aliphatic carbocycles. The topological polar surface area (TPSA) is 58.4 Å². The number of likely N-dealkylation sites (tertiary alicyclic amines) is 1. The van der Waals surface area contributed by atoms with Crippen LogP contribution < -0.4 is 11.1 Å². The van der Waals surface area contributed by atoms with E-state index in [0.29, 0.717) is 12.5 Å². The molecule has 0 saturated carbocycles. The average molecular weight is 267 g/mol. The monoisotopic (exact) mass is 267 g/mol. The van der Waals surface area contributed by atoms with Gasteiger partial charge in [0.15, 0.2) is 0 Å². The fourth-order valence-corrected chi connectivity index (χ4v) is 2.27. The lowest BCUT2D eigenvalue weighted by molar-refractivity contribution is -0.123. The van der Waals surface area contributed by atoms with Crippen molar-refractivity contribution in [2.75, 3.05) is 19.6 Å². The molecule has 18 heavy (non-hydrogen) atoms. The molecule has 4 nitrogen and oxygen atoms in total. The van der Waals surface area contributed by atoms with Crippen LogP contribution in [0.5, 0.6) is 0 Å². The predicted octanol–water partition coefficient (Wildman–Crippen LogP) is 1.71. The molecule has 1 fully saturated rings. The van der Waals surface area contributed by atoms with E-state index in [1.54, 1.807) is 0 Å². The van der Waals surface area contributed by atoms with Gasteiger partial charge in [0.1, 0.15) is 6.54 Å². The molecule has 1 saturated heterocycles. The highest BCUT2D eigenvalue weighted by atomic mass is 19.4. The zero-order valence-electron chi connectivity index (χ0n) is 10.5. The van der Waals surface area contributed by atoms with Gasteiger partial charge in [0, 0.05) is 19.1 Å². The summed E-state index contributed by atoms with van der Waals surface area (Å²) >= 11 is 0. The normalized spacial score (nSPS) is 25.1. The predicted molar refractivity (Wildman–Crippen MR) is 62.0 cm³/mol. The lowest BCUT2D eigenvalue weighted by Crippen LogP contribution is -2.54. The third kappa shape index (κ3) is 4.36. The molecule has 1 aliphatic rings. The summed E-state index contributed by atoms with van der Waals surface area (Å²) in [5, 5.41) is 1.90. The third-order valence-corrected chi connectivity index (χ3v) is 3.37. The van der Waals surface area contributed by atoms with Crippen LogP contribution in [0.2, 0.25) is 0 Å². The van der Waals surface area contributed by atoms with Gasteiger partial charge in [-0.15, -0.1) is 0 Å². The minimum Gasteiger partial charge on any atom is -0.329 e. The molecule has 2 atom stereocenters. The van der Waals surface area contributed by atoms with Crippen LogP contribution in [0, 0.1) is 5.92 Å². The largest absolute Gasteiger partial charge is 0.405 e. The van der Waals surface area contributed by atoms with E-state index in [-0.39, 0.29) is 12.6 Å². The average Bonchev–Trinajstić information content (AvgIpc) is 2.34. The number of nitrogens with one attached hydrogen (secondary N) is 1. The summed E-state index contributed by atoms with van der Waals surface area (Å²) in [6, 6.07) is -0.825. The Kier molecular flexibility index (Phi) is 5.25. The number of hydrogen-bond acceptors (Lipinski definition) is 2. The number of nitrogens with two attached hydrogens (primary N) is 1. The Morgan fingerprint density at radius 2 is 2.17 bits per heavy atom. The molecule has 1 aliphatic heterocycles. The molecule has 0 aromatic rings. The second-order valence-corrected chi connectivity index (χ2v) is 4.66. The Labute approximate surface area is 105 Å². The van der Waals surface area contributed by atoms with Crippen LogP contribution in [0.25, 0.3) is 0 Å². The molecule has 0 aromatic heterocycles. The minimum absolute atomic E-state index is 0.156. The maximum Gasteiger partial charge on any atom is 0.405 e. The van der Waals surface area contributed by atoms with Crippen LogP contribution in [0.4, 0.5) is 18.0 Å². The highest BCUT2D eigenvalue weighted by Gasteiger charge is 2.33. The summed E-state index contributed by atoms with van der Waals surface area (Å²) < 4.78 is 36.1. The van der Waals surface area contributed by atoms with Crippen LogP contribution in [0.15, 0.2) is 0 Å². The first kappa shape index (κ1) is 15.1. The molecule has 1 heterocycles. The van der Waals surface area contributed by atoms with Crippen LogP contribution in [0.1, 0.15) is 26.2 Å². The zero-order chi connectivity index (χ0) is 13.8. The van der Waals surface area contributed by atoms with Crippen molar-refractivity contribution in [3.63, 3.8) is 0 Å². The van der Waals surface area contributed by atoms with Gasteiger partial charge < -0.3 is 16.0 Å². The standard InChI is InChI=1S/C11H20F3N3O/c1-2-8-3-4-17(9(5-8)6-15)10(18)16-7-11(12,13)14/h8-9H,2-7,15H2,1H3,(H,16,18). The van der Waals surface area contributed by atoms with Crippen molar-refractivity contribution >= 4 is 6.03 Å². The van der Waals surface area contributed by atoms with E-state index in [9.17, 15) is 18.0 Å². The first-order valence-corrected chi connectivity index (χ1v) is 6.18. The van der Waals surface area contributed by atoms with E-state index in [2.05, 4.69) is 6.92 Å². The number of nitrogens with zero attached hydrogens (tertiary/aromatic N) is 1. The number of halogens is 3. The molecule has 0 aromatic carbocycles. The summed E-state index contributed by atoms with van der Waals surface area (Å²) in [4.78, 5) is 13.1. The summed E-state index contributed by atoms with van der Waals surface area (Å²) in [7, 11) is 0. The Hall–Kier alpha value is -0.980. The lowest BCUT2D eigenvalue weighted by atomic mass is 9.89. The Bertz CT molecular complexity index is 283. The van der Waals surface area contributed by atoms with Gasteiger partial charge in [-0.2, -0.15) is 13.2 Å². The van der Waals surface area contributed by atoms with E-state index in [0.717, 1.165) is 19.3 Å². The number of hydrogen-bond donors (Lipinski definition) is 2. The maximum atomic E-state index is 12.0. The molecule has 2 unspecified atom stereocenters. The van der Waals surface area contributed by atoms with E-state index >= 15 is 0 Å². The van der Waals surface area contributed by atoms with Gasteiger partial charge in [0.25, 0.3) is 0 Å². The van der Waals surface area contributed by atoms with Gasteiger partial charge >= 0.3 is 12.2 Å². The number of urea groups is 1. The van der Waals surface area contributed by atoms with Crippen molar-refractivity contribution in [3.8, 4) is 0 Å². The van der Waals surface area contributed by atoms with Gasteiger partial charge in [-0.3, -0.25) is 0 Å². The van der Waals surface area contributed by atoms with Crippen molar-refractivity contribution in [2.45, 2.75) is 38.4 Å². The SMILES string of the molecule is CCC1CCN(C(=O)NCC(F)(F)F)C(CN)C1. The van der Waals surface area contributed by atoms with Crippen molar-refractivity contribution in [3.05, 3.63) is 0 Å². The first-order chi connectivity index (χ1) is 8.37. The highest BCUT2D eigenvalue weighted by Crippen LogP contribution is 2.25. The molecule has 0 bridgehead atoms. The van der Waals surface area contributed by atoms with Gasteiger partial charge in [-0.05, 0) is 18.8 Å². The number of carbonyl (C=O) groups is 1. The number of carbonyl (C=O) groups excluding carboxylic acids is 1. The maximum absolute atomic E-state index is 12.0. The van der Waals surface area contributed by atoms with Crippen LogP contribution in [-0.2, 0) is 0 Å². The van der Waals surface area contributed by atoms with E-state index in [1.165, 1.54) is 4.90 Å². The number of rotatable bonds is 3. The van der Waals surface area contributed by atoms with Crippen LogP contribution >= 0.6 is 0 Å². The Balaban J connectivity index is 2.51. The van der Waals surface area contributed by atoms with Crippen molar-refractivity contribution in [1.29, 1.82) is 0 Å². The summed E-state index contributed by atoms with van der Waals surface area (Å²) in [5.41, 5.74) is 5.59. The number of alkyl halides is 3. The van der Waals surface area contributed by atoms with Gasteiger partial charge in [0.2, 0.25) is 0 Å². The van der Waals surface area contributed by atoms with E-state index in [1.807, 2.05) is 5.32 Å².